The van der Waals surface area contributed by atoms with Crippen LogP contribution in [0.15, 0.2) is 48.5 Å². The molecule has 7 heteroatoms. The Morgan fingerprint density at radius 3 is 2.33 bits per heavy atom. The third-order valence-electron chi connectivity index (χ3n) is 3.67. The van der Waals surface area contributed by atoms with E-state index in [0.29, 0.717) is 35.9 Å². The minimum absolute atomic E-state index is 0.151. The van der Waals surface area contributed by atoms with Crippen LogP contribution in [0.4, 0.5) is 5.69 Å². The quantitative estimate of drug-likeness (QED) is 0.626. The van der Waals surface area contributed by atoms with E-state index in [1.54, 1.807) is 49.6 Å². The predicted octanol–water partition coefficient (Wildman–Crippen LogP) is 2.48. The van der Waals surface area contributed by atoms with Gasteiger partial charge in [0.15, 0.2) is 18.1 Å². The Morgan fingerprint density at radius 1 is 0.963 bits per heavy atom. The van der Waals surface area contributed by atoms with Gasteiger partial charge in [-0.05, 0) is 42.8 Å². The van der Waals surface area contributed by atoms with Crippen molar-refractivity contribution in [1.29, 1.82) is 0 Å². The Morgan fingerprint density at radius 2 is 1.67 bits per heavy atom. The van der Waals surface area contributed by atoms with Gasteiger partial charge in [-0.1, -0.05) is 12.1 Å². The van der Waals surface area contributed by atoms with E-state index in [0.717, 1.165) is 6.42 Å². The lowest BCUT2D eigenvalue weighted by molar-refractivity contribution is -0.118. The third-order valence-corrected chi connectivity index (χ3v) is 3.67. The molecule has 0 radical (unpaired) electrons. The van der Waals surface area contributed by atoms with Gasteiger partial charge in [-0.25, -0.2) is 0 Å². The average Bonchev–Trinajstić information content (AvgIpc) is 2.70. The summed E-state index contributed by atoms with van der Waals surface area (Å²) in [5.41, 5.74) is 1.11. The van der Waals surface area contributed by atoms with Gasteiger partial charge in [-0.15, -0.1) is 0 Å². The summed E-state index contributed by atoms with van der Waals surface area (Å²) >= 11 is 0. The molecule has 0 spiro atoms. The van der Waals surface area contributed by atoms with E-state index in [9.17, 15) is 9.59 Å². The summed E-state index contributed by atoms with van der Waals surface area (Å²) in [6, 6.07) is 13.8. The number of carbonyl (C=O) groups excluding carboxylic acids is 2. The second-order valence-corrected chi connectivity index (χ2v) is 5.67. The van der Waals surface area contributed by atoms with Crippen LogP contribution in [0.25, 0.3) is 0 Å². The van der Waals surface area contributed by atoms with E-state index in [1.807, 2.05) is 6.07 Å². The van der Waals surface area contributed by atoms with Gasteiger partial charge in [0.2, 0.25) is 0 Å². The summed E-state index contributed by atoms with van der Waals surface area (Å²) in [5, 5.41) is 5.53. The Labute approximate surface area is 158 Å². The van der Waals surface area contributed by atoms with Gasteiger partial charge in [0.1, 0.15) is 0 Å². The molecule has 2 amide bonds. The Kier molecular flexibility index (Phi) is 8.12. The largest absolute Gasteiger partial charge is 0.493 e. The lowest BCUT2D eigenvalue weighted by Crippen LogP contribution is -2.25. The van der Waals surface area contributed by atoms with Crippen molar-refractivity contribution >= 4 is 17.5 Å². The number of para-hydroxylation sites is 2. The van der Waals surface area contributed by atoms with Crippen LogP contribution >= 0.6 is 0 Å². The standard InChI is InChI=1S/C20H24N2O5/c1-25-13-5-12-21-20(24)15-8-10-16(11-9-15)22-19(23)14-27-18-7-4-3-6-17(18)26-2/h3-4,6-11H,5,12-14H2,1-2H3,(H,21,24)(H,22,23). The fourth-order valence-corrected chi connectivity index (χ4v) is 2.30. The molecule has 0 aliphatic carbocycles. The lowest BCUT2D eigenvalue weighted by atomic mass is 10.2. The third kappa shape index (κ3) is 6.63. The zero-order valence-corrected chi connectivity index (χ0v) is 15.5. The van der Waals surface area contributed by atoms with Crippen molar-refractivity contribution in [3.8, 4) is 11.5 Å². The summed E-state index contributed by atoms with van der Waals surface area (Å²) in [5.74, 6) is 0.586. The molecule has 0 aromatic heterocycles. The van der Waals surface area contributed by atoms with Crippen LogP contribution in [0, 0.1) is 0 Å². The van der Waals surface area contributed by atoms with Crippen LogP contribution in [0.1, 0.15) is 16.8 Å². The fourth-order valence-electron chi connectivity index (χ4n) is 2.30. The summed E-state index contributed by atoms with van der Waals surface area (Å²) < 4.78 is 15.6. The van der Waals surface area contributed by atoms with Crippen molar-refractivity contribution in [2.45, 2.75) is 6.42 Å². The highest BCUT2D eigenvalue weighted by Gasteiger charge is 2.09. The van der Waals surface area contributed by atoms with Crippen LogP contribution in [-0.4, -0.2) is 45.8 Å². The molecule has 2 aromatic carbocycles. The zero-order chi connectivity index (χ0) is 19.5. The average molecular weight is 372 g/mol. The number of anilines is 1. The molecule has 0 unspecified atom stereocenters. The second-order valence-electron chi connectivity index (χ2n) is 5.67. The van der Waals surface area contributed by atoms with E-state index < -0.39 is 0 Å². The maximum atomic E-state index is 12.0. The lowest BCUT2D eigenvalue weighted by Gasteiger charge is -2.11. The van der Waals surface area contributed by atoms with Crippen LogP contribution in [-0.2, 0) is 9.53 Å². The normalized spacial score (nSPS) is 10.1. The molecule has 144 valence electrons. The maximum Gasteiger partial charge on any atom is 0.262 e. The molecule has 27 heavy (non-hydrogen) atoms. The highest BCUT2D eigenvalue weighted by molar-refractivity contribution is 5.96. The van der Waals surface area contributed by atoms with E-state index in [4.69, 9.17) is 14.2 Å². The first-order valence-corrected chi connectivity index (χ1v) is 8.57. The number of hydrogen-bond acceptors (Lipinski definition) is 5. The summed E-state index contributed by atoms with van der Waals surface area (Å²) in [6.45, 7) is 0.996. The highest BCUT2D eigenvalue weighted by atomic mass is 16.5. The van der Waals surface area contributed by atoms with E-state index in [2.05, 4.69) is 10.6 Å². The van der Waals surface area contributed by atoms with Crippen molar-refractivity contribution < 1.29 is 23.8 Å². The van der Waals surface area contributed by atoms with Gasteiger partial charge in [0.25, 0.3) is 11.8 Å². The predicted molar refractivity (Wildman–Crippen MR) is 102 cm³/mol. The SMILES string of the molecule is COCCCNC(=O)c1ccc(NC(=O)COc2ccccc2OC)cc1. The van der Waals surface area contributed by atoms with Gasteiger partial charge in [0.05, 0.1) is 7.11 Å². The van der Waals surface area contributed by atoms with E-state index in [1.165, 1.54) is 7.11 Å². The first-order valence-electron chi connectivity index (χ1n) is 8.57. The van der Waals surface area contributed by atoms with Crippen molar-refractivity contribution in [1.82, 2.24) is 5.32 Å². The number of amides is 2. The Balaban J connectivity index is 1.81. The number of ether oxygens (including phenoxy) is 3. The first kappa shape index (κ1) is 20.3. The van der Waals surface area contributed by atoms with Crippen molar-refractivity contribution in [3.05, 3.63) is 54.1 Å². The smallest absolute Gasteiger partial charge is 0.262 e. The molecular weight excluding hydrogens is 348 g/mol. The van der Waals surface area contributed by atoms with Gasteiger partial charge in [-0.3, -0.25) is 9.59 Å². The van der Waals surface area contributed by atoms with Crippen molar-refractivity contribution in [3.63, 3.8) is 0 Å². The Hall–Kier alpha value is -3.06. The molecule has 0 fully saturated rings. The molecule has 2 N–H and O–H groups in total. The number of methoxy groups -OCH3 is 2. The summed E-state index contributed by atoms with van der Waals surface area (Å²) in [6.07, 6.45) is 0.753. The number of benzene rings is 2. The maximum absolute atomic E-state index is 12.0. The minimum atomic E-state index is -0.308. The van der Waals surface area contributed by atoms with E-state index in [-0.39, 0.29) is 18.4 Å². The zero-order valence-electron chi connectivity index (χ0n) is 15.5. The van der Waals surface area contributed by atoms with Crippen LogP contribution in [0.2, 0.25) is 0 Å². The Bertz CT molecular complexity index is 746. The molecule has 0 aliphatic heterocycles. The topological polar surface area (TPSA) is 85.9 Å². The molecular formula is C20H24N2O5. The number of nitrogens with one attached hydrogen (secondary N) is 2. The minimum Gasteiger partial charge on any atom is -0.493 e. The molecule has 0 aliphatic rings. The van der Waals surface area contributed by atoms with Gasteiger partial charge in [0, 0.05) is 31.5 Å². The molecule has 2 rings (SSSR count). The molecule has 0 saturated carbocycles. The highest BCUT2D eigenvalue weighted by Crippen LogP contribution is 2.25. The molecule has 0 atom stereocenters. The first-order chi connectivity index (χ1) is 13.1. The van der Waals surface area contributed by atoms with Crippen LogP contribution in [0.5, 0.6) is 11.5 Å². The van der Waals surface area contributed by atoms with Crippen molar-refractivity contribution in [2.75, 3.05) is 39.3 Å². The van der Waals surface area contributed by atoms with Crippen molar-refractivity contribution in [2.24, 2.45) is 0 Å². The number of hydrogen-bond donors (Lipinski definition) is 2. The molecule has 7 nitrogen and oxygen atoms in total. The second kappa shape index (κ2) is 10.8. The molecule has 2 aromatic rings. The van der Waals surface area contributed by atoms with Crippen LogP contribution < -0.4 is 20.1 Å². The summed E-state index contributed by atoms with van der Waals surface area (Å²) in [4.78, 5) is 24.0. The number of rotatable bonds is 10. The summed E-state index contributed by atoms with van der Waals surface area (Å²) in [7, 11) is 3.16. The number of carbonyl (C=O) groups is 2. The van der Waals surface area contributed by atoms with Gasteiger partial charge >= 0.3 is 0 Å². The monoisotopic (exact) mass is 372 g/mol. The van der Waals surface area contributed by atoms with Gasteiger partial charge in [-0.2, -0.15) is 0 Å². The molecule has 0 saturated heterocycles. The van der Waals surface area contributed by atoms with Gasteiger partial charge < -0.3 is 24.8 Å². The molecule has 0 bridgehead atoms. The fraction of sp³-hybridized carbons (Fsp3) is 0.300. The van der Waals surface area contributed by atoms with Crippen LogP contribution in [0.3, 0.4) is 0 Å². The van der Waals surface area contributed by atoms with E-state index >= 15 is 0 Å². The molecule has 0 heterocycles.